The van der Waals surface area contributed by atoms with Crippen LogP contribution < -0.4 is 10.1 Å². The van der Waals surface area contributed by atoms with E-state index in [0.717, 1.165) is 24.4 Å². The molecule has 3 heterocycles. The Balaban J connectivity index is 1.35. The van der Waals surface area contributed by atoms with Crippen LogP contribution in [0.5, 0.6) is 5.88 Å². The number of rotatable bonds is 8. The van der Waals surface area contributed by atoms with Crippen LogP contribution >= 0.6 is 0 Å². The highest BCUT2D eigenvalue weighted by molar-refractivity contribution is 5.93. The van der Waals surface area contributed by atoms with Gasteiger partial charge in [-0.1, -0.05) is 30.3 Å². The number of ether oxygens (including phenoxy) is 1. The van der Waals surface area contributed by atoms with Crippen molar-refractivity contribution in [3.63, 3.8) is 0 Å². The van der Waals surface area contributed by atoms with E-state index in [-0.39, 0.29) is 18.1 Å². The predicted molar refractivity (Wildman–Crippen MR) is 114 cm³/mol. The molecule has 1 fully saturated rings. The van der Waals surface area contributed by atoms with Crippen LogP contribution in [0.25, 0.3) is 0 Å². The fourth-order valence-corrected chi connectivity index (χ4v) is 3.79. The molecule has 0 bridgehead atoms. The molecular weight excluding hydrogens is 378 g/mol. The van der Waals surface area contributed by atoms with Crippen molar-refractivity contribution in [2.24, 2.45) is 0 Å². The SMILES string of the molecule is C[C@@H](Oc1ccc(C(=O)NC[C@H](c2ccco2)N2CCCC2)cn1)c1ccccc1. The molecule has 0 aliphatic carbocycles. The van der Waals surface area contributed by atoms with Crippen molar-refractivity contribution in [2.45, 2.75) is 31.9 Å². The Labute approximate surface area is 176 Å². The lowest BCUT2D eigenvalue weighted by Gasteiger charge is -2.26. The number of pyridine rings is 1. The van der Waals surface area contributed by atoms with Crippen molar-refractivity contribution >= 4 is 5.91 Å². The highest BCUT2D eigenvalue weighted by atomic mass is 16.5. The van der Waals surface area contributed by atoms with Gasteiger partial charge in [-0.25, -0.2) is 4.98 Å². The highest BCUT2D eigenvalue weighted by Gasteiger charge is 2.26. The van der Waals surface area contributed by atoms with Gasteiger partial charge in [-0.2, -0.15) is 0 Å². The van der Waals surface area contributed by atoms with Crippen molar-refractivity contribution in [1.82, 2.24) is 15.2 Å². The van der Waals surface area contributed by atoms with Gasteiger partial charge in [0.25, 0.3) is 5.91 Å². The second kappa shape index (κ2) is 9.59. The third-order valence-corrected chi connectivity index (χ3v) is 5.47. The molecule has 3 aromatic rings. The van der Waals surface area contributed by atoms with Gasteiger partial charge < -0.3 is 14.5 Å². The molecule has 156 valence electrons. The Morgan fingerprint density at radius 1 is 1.13 bits per heavy atom. The average molecular weight is 405 g/mol. The van der Waals surface area contributed by atoms with Crippen LogP contribution in [0.1, 0.15) is 53.6 Å². The molecule has 4 rings (SSSR count). The molecule has 1 aromatic carbocycles. The van der Waals surface area contributed by atoms with Gasteiger partial charge in [0.05, 0.1) is 17.9 Å². The number of hydrogen-bond acceptors (Lipinski definition) is 5. The Morgan fingerprint density at radius 2 is 1.93 bits per heavy atom. The minimum Gasteiger partial charge on any atom is -0.470 e. The van der Waals surface area contributed by atoms with Crippen molar-refractivity contribution in [1.29, 1.82) is 0 Å². The number of carbonyl (C=O) groups is 1. The van der Waals surface area contributed by atoms with Crippen LogP contribution in [0, 0.1) is 0 Å². The number of benzene rings is 1. The lowest BCUT2D eigenvalue weighted by Crippen LogP contribution is -2.36. The van der Waals surface area contributed by atoms with Crippen LogP contribution in [0.4, 0.5) is 0 Å². The number of hydrogen-bond donors (Lipinski definition) is 1. The summed E-state index contributed by atoms with van der Waals surface area (Å²) < 4.78 is 11.5. The van der Waals surface area contributed by atoms with E-state index in [2.05, 4.69) is 15.2 Å². The van der Waals surface area contributed by atoms with E-state index >= 15 is 0 Å². The molecule has 2 aromatic heterocycles. The largest absolute Gasteiger partial charge is 0.470 e. The Hall–Kier alpha value is -3.12. The summed E-state index contributed by atoms with van der Waals surface area (Å²) in [6.07, 6.45) is 5.47. The van der Waals surface area contributed by atoms with Crippen molar-refractivity contribution in [3.8, 4) is 5.88 Å². The minimum atomic E-state index is -0.152. The van der Waals surface area contributed by atoms with E-state index in [0.29, 0.717) is 18.0 Å². The van der Waals surface area contributed by atoms with E-state index in [1.165, 1.54) is 12.8 Å². The molecule has 0 spiro atoms. The second-order valence-corrected chi connectivity index (χ2v) is 7.54. The fourth-order valence-electron chi connectivity index (χ4n) is 3.79. The van der Waals surface area contributed by atoms with Crippen molar-refractivity contribution in [2.75, 3.05) is 19.6 Å². The molecule has 0 unspecified atom stereocenters. The zero-order valence-electron chi connectivity index (χ0n) is 17.2. The van der Waals surface area contributed by atoms with Gasteiger partial charge in [0, 0.05) is 18.8 Å². The smallest absolute Gasteiger partial charge is 0.252 e. The maximum absolute atomic E-state index is 12.6. The number of amides is 1. The summed E-state index contributed by atoms with van der Waals surface area (Å²) in [5.41, 5.74) is 1.58. The maximum Gasteiger partial charge on any atom is 0.252 e. The van der Waals surface area contributed by atoms with E-state index < -0.39 is 0 Å². The number of nitrogens with one attached hydrogen (secondary N) is 1. The molecule has 1 aliphatic heterocycles. The van der Waals surface area contributed by atoms with Crippen molar-refractivity contribution in [3.05, 3.63) is 83.9 Å². The molecule has 30 heavy (non-hydrogen) atoms. The van der Waals surface area contributed by atoms with Crippen LogP contribution in [0.2, 0.25) is 0 Å². The lowest BCUT2D eigenvalue weighted by molar-refractivity contribution is 0.0933. The number of likely N-dealkylation sites (tertiary alicyclic amines) is 1. The summed E-state index contributed by atoms with van der Waals surface area (Å²) in [6.45, 7) is 4.52. The molecular formula is C24H27N3O3. The molecule has 1 aliphatic rings. The number of furan rings is 1. The number of nitrogens with zero attached hydrogens (tertiary/aromatic N) is 2. The van der Waals surface area contributed by atoms with Gasteiger partial charge in [-0.05, 0) is 56.6 Å². The standard InChI is InChI=1S/C24H27N3O3/c1-18(19-8-3-2-4-9-19)30-23-12-11-20(16-25-23)24(28)26-17-21(22-10-7-15-29-22)27-13-5-6-14-27/h2-4,7-12,15-16,18,21H,5-6,13-14,17H2,1H3,(H,26,28)/t18-,21-/m1/s1. The van der Waals surface area contributed by atoms with E-state index in [1.807, 2.05) is 49.4 Å². The summed E-state index contributed by atoms with van der Waals surface area (Å²) in [5.74, 6) is 1.23. The third kappa shape index (κ3) is 4.89. The summed E-state index contributed by atoms with van der Waals surface area (Å²) >= 11 is 0. The Bertz CT molecular complexity index is 920. The Kier molecular flexibility index (Phi) is 6.44. The first-order chi connectivity index (χ1) is 14.7. The quantitative estimate of drug-likeness (QED) is 0.602. The van der Waals surface area contributed by atoms with Crippen LogP contribution in [-0.4, -0.2) is 35.4 Å². The van der Waals surface area contributed by atoms with Crippen LogP contribution in [0.15, 0.2) is 71.5 Å². The molecule has 2 atom stereocenters. The molecule has 6 nitrogen and oxygen atoms in total. The average Bonchev–Trinajstić information content (AvgIpc) is 3.50. The summed E-state index contributed by atoms with van der Waals surface area (Å²) in [5, 5.41) is 3.03. The monoisotopic (exact) mass is 405 g/mol. The van der Waals surface area contributed by atoms with E-state index in [4.69, 9.17) is 9.15 Å². The summed E-state index contributed by atoms with van der Waals surface area (Å²) in [4.78, 5) is 19.3. The second-order valence-electron chi connectivity index (χ2n) is 7.54. The molecule has 1 amide bonds. The Morgan fingerprint density at radius 3 is 2.60 bits per heavy atom. The highest BCUT2D eigenvalue weighted by Crippen LogP contribution is 2.25. The van der Waals surface area contributed by atoms with Gasteiger partial charge in [0.2, 0.25) is 5.88 Å². The molecule has 1 N–H and O–H groups in total. The van der Waals surface area contributed by atoms with Gasteiger partial charge in [0.15, 0.2) is 0 Å². The molecule has 0 saturated carbocycles. The van der Waals surface area contributed by atoms with Gasteiger partial charge >= 0.3 is 0 Å². The zero-order valence-corrected chi connectivity index (χ0v) is 17.2. The predicted octanol–water partition coefficient (Wildman–Crippen LogP) is 4.38. The first-order valence-electron chi connectivity index (χ1n) is 10.4. The summed E-state index contributed by atoms with van der Waals surface area (Å²) in [7, 11) is 0. The fraction of sp³-hybridized carbons (Fsp3) is 0.333. The normalized spacial score (nSPS) is 16.2. The third-order valence-electron chi connectivity index (χ3n) is 5.47. The first-order valence-corrected chi connectivity index (χ1v) is 10.4. The zero-order chi connectivity index (χ0) is 20.8. The van der Waals surface area contributed by atoms with Crippen LogP contribution in [-0.2, 0) is 0 Å². The van der Waals surface area contributed by atoms with Gasteiger partial charge in [0.1, 0.15) is 11.9 Å². The summed E-state index contributed by atoms with van der Waals surface area (Å²) in [6, 6.07) is 17.4. The van der Waals surface area contributed by atoms with E-state index in [9.17, 15) is 4.79 Å². The minimum absolute atomic E-state index is 0.0498. The van der Waals surface area contributed by atoms with E-state index in [1.54, 1.807) is 24.6 Å². The molecule has 1 saturated heterocycles. The first kappa shape index (κ1) is 20.2. The topological polar surface area (TPSA) is 67.6 Å². The lowest BCUT2D eigenvalue weighted by atomic mass is 10.1. The van der Waals surface area contributed by atoms with Crippen molar-refractivity contribution < 1.29 is 13.9 Å². The molecule has 6 heteroatoms. The van der Waals surface area contributed by atoms with Gasteiger partial charge in [-0.3, -0.25) is 9.69 Å². The van der Waals surface area contributed by atoms with Crippen LogP contribution in [0.3, 0.4) is 0 Å². The number of aromatic nitrogens is 1. The van der Waals surface area contributed by atoms with Gasteiger partial charge in [-0.15, -0.1) is 0 Å². The number of carbonyl (C=O) groups excluding carboxylic acids is 1. The molecule has 0 radical (unpaired) electrons. The maximum atomic E-state index is 12.6.